The fraction of sp³-hybridized carbons (Fsp3) is 0.462. The van der Waals surface area contributed by atoms with Gasteiger partial charge in [0.05, 0.1) is 0 Å². The molecule has 0 saturated heterocycles. The molecule has 0 amide bonds. The van der Waals surface area contributed by atoms with Crippen molar-refractivity contribution in [3.63, 3.8) is 0 Å². The van der Waals surface area contributed by atoms with Crippen LogP contribution < -0.4 is 12.4 Å². The highest BCUT2D eigenvalue weighted by Gasteiger charge is 2.45. The lowest BCUT2D eigenvalue weighted by Crippen LogP contribution is -3.00. The van der Waals surface area contributed by atoms with Crippen LogP contribution in [0.2, 0.25) is 0 Å². The summed E-state index contributed by atoms with van der Waals surface area (Å²) in [6.07, 6.45) is 5.83. The van der Waals surface area contributed by atoms with Crippen LogP contribution in [0, 0.1) is 0 Å². The molecule has 0 fully saturated rings. The molecular weight excluding hydrogens is 279 g/mol. The van der Waals surface area contributed by atoms with Crippen LogP contribution in [0.1, 0.15) is 5.56 Å². The third-order valence-corrected chi connectivity index (χ3v) is 7.00. The highest BCUT2D eigenvalue weighted by atomic mass is 35.5. The van der Waals surface area contributed by atoms with E-state index in [4.69, 9.17) is 0 Å². The van der Waals surface area contributed by atoms with Gasteiger partial charge in [-0.05, 0) is 17.7 Å². The molecule has 0 spiro atoms. The average Bonchev–Trinajstić information content (AvgIpc) is 2.29. The van der Waals surface area contributed by atoms with Crippen LogP contribution in [0.5, 0.6) is 0 Å². The maximum Gasteiger partial charge on any atom is 0.253 e. The Morgan fingerprint density at radius 3 is 1.89 bits per heavy atom. The first-order chi connectivity index (χ1) is 8.41. The summed E-state index contributed by atoms with van der Waals surface area (Å²) in [5, 5.41) is 0. The highest BCUT2D eigenvalue weighted by molar-refractivity contribution is 7.72. The molecule has 0 aliphatic heterocycles. The molecule has 1 rings (SSSR count). The van der Waals surface area contributed by atoms with Crippen molar-refractivity contribution in [2.75, 3.05) is 42.3 Å². The number of rotatable bonds is 5. The quantitative estimate of drug-likeness (QED) is 0.684. The van der Waals surface area contributed by atoms with Crippen molar-refractivity contribution in [2.45, 2.75) is 0 Å². The summed E-state index contributed by atoms with van der Waals surface area (Å²) >= 11 is 0. The smallest absolute Gasteiger partial charge is 0.253 e. The molecule has 0 unspecified atom stereocenters. The average molecular weight is 303 g/mol. The topological polar surface area (TPSA) is 22.6 Å². The van der Waals surface area contributed by atoms with E-state index in [2.05, 4.69) is 79.2 Å². The normalized spacial score (nSPS) is 12.5. The van der Waals surface area contributed by atoms with Crippen LogP contribution in [-0.2, 0) is 0 Å². The highest BCUT2D eigenvalue weighted by Crippen LogP contribution is 2.65. The zero-order valence-electron chi connectivity index (χ0n) is 12.6. The van der Waals surface area contributed by atoms with E-state index >= 15 is 0 Å². The minimum Gasteiger partial charge on any atom is -1.00 e. The minimum absolute atomic E-state index is 0. The van der Waals surface area contributed by atoms with E-state index < -0.39 is 7.71 Å². The van der Waals surface area contributed by atoms with Gasteiger partial charge in [-0.25, -0.2) is 0 Å². The van der Waals surface area contributed by atoms with E-state index in [0.29, 0.717) is 0 Å². The first kappa shape index (κ1) is 18.5. The second-order valence-corrected chi connectivity index (χ2v) is 8.69. The van der Waals surface area contributed by atoms with Gasteiger partial charge in [-0.1, -0.05) is 6.07 Å². The van der Waals surface area contributed by atoms with Gasteiger partial charge in [-0.15, -0.1) is 0 Å². The van der Waals surface area contributed by atoms with Crippen molar-refractivity contribution >= 4 is 13.8 Å². The molecule has 0 N–H and O–H groups in total. The largest absolute Gasteiger partial charge is 1.00 e. The lowest BCUT2D eigenvalue weighted by molar-refractivity contribution is -0.00000402. The predicted octanol–water partition coefficient (Wildman–Crippen LogP) is -0.496. The Kier molecular flexibility index (Phi) is 7.72. The van der Waals surface area contributed by atoms with Crippen molar-refractivity contribution in [1.29, 1.82) is 0 Å². The summed E-state index contributed by atoms with van der Waals surface area (Å²) in [5.74, 6) is 2.30. The number of nitrogens with zero attached hydrogens (tertiary/aromatic N) is 4. The van der Waals surface area contributed by atoms with Gasteiger partial charge in [0, 0.05) is 54.7 Å². The standard InChI is InChI=1S/C13H24N4P.ClH/c1-15(2)18(16(3)4,17(5)6)11-9-13-8-7-10-14-12-13;/h7-12H,1-6H3;1H/q+1;/p-1/b11-9+;. The van der Waals surface area contributed by atoms with E-state index in [0.717, 1.165) is 5.56 Å². The maximum atomic E-state index is 4.14. The Hall–Kier alpha value is -0.510. The predicted molar refractivity (Wildman–Crippen MR) is 81.3 cm³/mol. The van der Waals surface area contributed by atoms with Crippen LogP contribution in [0.3, 0.4) is 0 Å². The van der Waals surface area contributed by atoms with E-state index in [1.54, 1.807) is 6.20 Å². The molecule has 0 radical (unpaired) electrons. The number of pyridine rings is 1. The molecule has 6 heteroatoms. The van der Waals surface area contributed by atoms with E-state index in [9.17, 15) is 0 Å². The summed E-state index contributed by atoms with van der Waals surface area (Å²) in [4.78, 5) is 4.14. The Morgan fingerprint density at radius 2 is 1.53 bits per heavy atom. The first-order valence-electron chi connectivity index (χ1n) is 5.92. The first-order valence-corrected chi connectivity index (χ1v) is 7.64. The zero-order valence-corrected chi connectivity index (χ0v) is 14.2. The fourth-order valence-corrected chi connectivity index (χ4v) is 5.45. The lowest BCUT2D eigenvalue weighted by Gasteiger charge is -2.37. The monoisotopic (exact) mass is 302 g/mol. The van der Waals surface area contributed by atoms with Gasteiger partial charge in [0.15, 0.2) is 0 Å². The van der Waals surface area contributed by atoms with Crippen molar-refractivity contribution in [2.24, 2.45) is 0 Å². The Morgan fingerprint density at radius 1 is 1.00 bits per heavy atom. The molecule has 108 valence electrons. The summed E-state index contributed by atoms with van der Waals surface area (Å²) in [6, 6.07) is 4.03. The number of aromatic nitrogens is 1. The van der Waals surface area contributed by atoms with E-state index in [1.165, 1.54) is 0 Å². The van der Waals surface area contributed by atoms with Gasteiger partial charge in [-0.2, -0.15) is 14.0 Å². The van der Waals surface area contributed by atoms with E-state index in [1.807, 2.05) is 12.3 Å². The molecule has 0 saturated carbocycles. The number of hydrogen-bond donors (Lipinski definition) is 0. The van der Waals surface area contributed by atoms with Gasteiger partial charge < -0.3 is 12.4 Å². The van der Waals surface area contributed by atoms with Crippen LogP contribution in [-0.4, -0.2) is 61.3 Å². The molecule has 4 nitrogen and oxygen atoms in total. The van der Waals surface area contributed by atoms with Crippen LogP contribution in [0.15, 0.2) is 30.3 Å². The SMILES string of the molecule is CN(C)[P+](/C=C/c1cccnc1)(N(C)C)N(C)C.[Cl-]. The Bertz CT molecular complexity index is 371. The van der Waals surface area contributed by atoms with Crippen molar-refractivity contribution in [1.82, 2.24) is 19.0 Å². The molecule has 1 aromatic heterocycles. The van der Waals surface area contributed by atoms with Gasteiger partial charge in [0.1, 0.15) is 5.82 Å². The fourth-order valence-electron chi connectivity index (χ4n) is 2.13. The van der Waals surface area contributed by atoms with Gasteiger partial charge >= 0.3 is 0 Å². The molecule has 0 atom stereocenters. The summed E-state index contributed by atoms with van der Waals surface area (Å²) in [6.45, 7) is 0. The third-order valence-electron chi connectivity index (χ3n) is 2.92. The lowest BCUT2D eigenvalue weighted by atomic mass is 10.3. The second-order valence-electron chi connectivity index (χ2n) is 4.76. The van der Waals surface area contributed by atoms with Crippen LogP contribution >= 0.6 is 7.71 Å². The van der Waals surface area contributed by atoms with Gasteiger partial charge in [0.2, 0.25) is 0 Å². The second kappa shape index (κ2) is 7.93. The molecule has 1 heterocycles. The van der Waals surface area contributed by atoms with Crippen molar-refractivity contribution in [3.8, 4) is 0 Å². The molecule has 0 aliphatic carbocycles. The molecule has 1 aromatic rings. The molecule has 0 aromatic carbocycles. The molecule has 0 aliphatic rings. The number of halogens is 1. The summed E-state index contributed by atoms with van der Waals surface area (Å²) in [7, 11) is 11.2. The zero-order chi connectivity index (χ0) is 13.8. The third kappa shape index (κ3) is 4.23. The van der Waals surface area contributed by atoms with Crippen LogP contribution in [0.4, 0.5) is 0 Å². The molecule has 0 bridgehead atoms. The summed E-state index contributed by atoms with van der Waals surface area (Å²) < 4.78 is 6.87. The molecule has 19 heavy (non-hydrogen) atoms. The Labute approximate surface area is 124 Å². The van der Waals surface area contributed by atoms with E-state index in [-0.39, 0.29) is 12.4 Å². The van der Waals surface area contributed by atoms with Crippen molar-refractivity contribution in [3.05, 3.63) is 35.9 Å². The van der Waals surface area contributed by atoms with Crippen molar-refractivity contribution < 1.29 is 12.4 Å². The van der Waals surface area contributed by atoms with Gasteiger partial charge in [0.25, 0.3) is 7.71 Å². The van der Waals surface area contributed by atoms with Gasteiger partial charge in [-0.3, -0.25) is 4.98 Å². The summed E-state index contributed by atoms with van der Waals surface area (Å²) in [5.41, 5.74) is 1.13. The van der Waals surface area contributed by atoms with Crippen LogP contribution in [0.25, 0.3) is 6.08 Å². The minimum atomic E-state index is -1.59. The number of hydrogen-bond acceptors (Lipinski definition) is 4. The Balaban J connectivity index is 0.00000324. The maximum absolute atomic E-state index is 4.14. The molecular formula is C13H24ClN4P.